The maximum atomic E-state index is 11.5. The Morgan fingerprint density at radius 2 is 1.56 bits per heavy atom. The fourth-order valence-corrected chi connectivity index (χ4v) is 2.56. The van der Waals surface area contributed by atoms with Crippen molar-refractivity contribution in [2.24, 2.45) is 5.14 Å². The molecule has 0 aliphatic rings. The molecule has 0 aliphatic heterocycles. The predicted molar refractivity (Wildman–Crippen MR) is 71.5 cm³/mol. The number of sulfonamides is 1. The van der Waals surface area contributed by atoms with E-state index in [1.165, 1.54) is 6.07 Å². The third-order valence-electron chi connectivity index (χ3n) is 2.65. The van der Waals surface area contributed by atoms with Crippen LogP contribution >= 0.6 is 0 Å². The van der Waals surface area contributed by atoms with E-state index in [1.54, 1.807) is 30.3 Å². The van der Waals surface area contributed by atoms with Gasteiger partial charge in [-0.15, -0.1) is 0 Å². The number of nitrogen functional groups attached to an aromatic ring is 1. The van der Waals surface area contributed by atoms with Gasteiger partial charge in [0.05, 0.1) is 4.90 Å². The Bertz CT molecular complexity index is 649. The predicted octanol–water partition coefficient (Wildman–Crippen LogP) is 1.51. The molecule has 2 aromatic rings. The van der Waals surface area contributed by atoms with E-state index in [2.05, 4.69) is 0 Å². The van der Waals surface area contributed by atoms with Crippen molar-refractivity contribution in [1.29, 1.82) is 0 Å². The Morgan fingerprint density at radius 3 is 2.17 bits per heavy atom. The molecule has 5 heteroatoms. The average molecular weight is 262 g/mol. The van der Waals surface area contributed by atoms with E-state index in [9.17, 15) is 8.42 Å². The molecule has 18 heavy (non-hydrogen) atoms. The van der Waals surface area contributed by atoms with Crippen LogP contribution in [-0.2, 0) is 16.4 Å². The zero-order valence-electron chi connectivity index (χ0n) is 9.71. The highest BCUT2D eigenvalue weighted by Crippen LogP contribution is 2.18. The van der Waals surface area contributed by atoms with E-state index in [1.807, 2.05) is 12.1 Å². The highest BCUT2D eigenvalue weighted by atomic mass is 32.2. The van der Waals surface area contributed by atoms with E-state index < -0.39 is 10.0 Å². The fraction of sp³-hybridized carbons (Fsp3) is 0.0769. The Kier molecular flexibility index (Phi) is 3.36. The summed E-state index contributed by atoms with van der Waals surface area (Å²) < 4.78 is 22.9. The van der Waals surface area contributed by atoms with Crippen molar-refractivity contribution in [2.75, 3.05) is 5.73 Å². The average Bonchev–Trinajstić information content (AvgIpc) is 2.31. The van der Waals surface area contributed by atoms with Gasteiger partial charge in [-0.25, -0.2) is 13.6 Å². The lowest BCUT2D eigenvalue weighted by Crippen LogP contribution is -2.14. The highest BCUT2D eigenvalue weighted by Gasteiger charge is 2.12. The third-order valence-corrected chi connectivity index (χ3v) is 3.66. The fourth-order valence-electron chi connectivity index (χ4n) is 1.78. The van der Waals surface area contributed by atoms with Crippen molar-refractivity contribution in [2.45, 2.75) is 11.3 Å². The molecule has 0 bridgehead atoms. The van der Waals surface area contributed by atoms with E-state index in [0.29, 0.717) is 17.7 Å². The topological polar surface area (TPSA) is 86.2 Å². The summed E-state index contributed by atoms with van der Waals surface area (Å²) in [4.78, 5) is 0.168. The lowest BCUT2D eigenvalue weighted by Gasteiger charge is -2.07. The number of primary sulfonamides is 1. The van der Waals surface area contributed by atoms with E-state index in [4.69, 9.17) is 10.9 Å². The molecule has 0 radical (unpaired) electrons. The van der Waals surface area contributed by atoms with Gasteiger partial charge in [0.25, 0.3) is 0 Å². The molecule has 0 aliphatic carbocycles. The Hall–Kier alpha value is -1.85. The first kappa shape index (κ1) is 12.6. The lowest BCUT2D eigenvalue weighted by atomic mass is 10.0. The van der Waals surface area contributed by atoms with Gasteiger partial charge < -0.3 is 5.73 Å². The Balaban J connectivity index is 2.38. The van der Waals surface area contributed by atoms with Crippen molar-refractivity contribution in [3.63, 3.8) is 0 Å². The van der Waals surface area contributed by atoms with Gasteiger partial charge in [-0.05, 0) is 35.7 Å². The van der Waals surface area contributed by atoms with Crippen LogP contribution < -0.4 is 10.9 Å². The van der Waals surface area contributed by atoms with Crippen LogP contribution in [0.3, 0.4) is 0 Å². The Morgan fingerprint density at radius 1 is 0.944 bits per heavy atom. The van der Waals surface area contributed by atoms with Gasteiger partial charge in [-0.1, -0.05) is 30.3 Å². The van der Waals surface area contributed by atoms with Gasteiger partial charge in [0.2, 0.25) is 10.0 Å². The van der Waals surface area contributed by atoms with Crippen LogP contribution in [0.15, 0.2) is 53.4 Å². The molecular weight excluding hydrogens is 248 g/mol. The quantitative estimate of drug-likeness (QED) is 0.822. The molecule has 0 unspecified atom stereocenters. The first-order valence-electron chi connectivity index (χ1n) is 5.42. The zero-order chi connectivity index (χ0) is 13.2. The first-order chi connectivity index (χ1) is 8.47. The van der Waals surface area contributed by atoms with Crippen LogP contribution in [0.25, 0.3) is 0 Å². The number of rotatable bonds is 3. The molecule has 0 fully saturated rings. The Labute approximate surface area is 106 Å². The highest BCUT2D eigenvalue weighted by molar-refractivity contribution is 7.89. The summed E-state index contributed by atoms with van der Waals surface area (Å²) in [5.41, 5.74) is 7.95. The molecule has 0 spiro atoms. The van der Waals surface area contributed by atoms with Crippen LogP contribution in [0.2, 0.25) is 0 Å². The van der Waals surface area contributed by atoms with Crippen molar-refractivity contribution < 1.29 is 8.42 Å². The van der Waals surface area contributed by atoms with Crippen molar-refractivity contribution in [3.05, 3.63) is 59.7 Å². The van der Waals surface area contributed by atoms with Crippen molar-refractivity contribution >= 4 is 15.7 Å². The molecule has 4 nitrogen and oxygen atoms in total. The summed E-state index contributed by atoms with van der Waals surface area (Å²) in [5, 5.41) is 5.19. The minimum absolute atomic E-state index is 0.168. The summed E-state index contributed by atoms with van der Waals surface area (Å²) in [6.07, 6.45) is 0.507. The molecule has 0 saturated carbocycles. The van der Waals surface area contributed by atoms with Gasteiger partial charge in [-0.3, -0.25) is 0 Å². The number of benzene rings is 2. The maximum absolute atomic E-state index is 11.5. The number of anilines is 1. The van der Waals surface area contributed by atoms with E-state index in [0.717, 1.165) is 5.56 Å². The molecule has 0 amide bonds. The second-order valence-electron chi connectivity index (χ2n) is 4.07. The monoisotopic (exact) mass is 262 g/mol. The van der Waals surface area contributed by atoms with Crippen molar-refractivity contribution in [1.82, 2.24) is 0 Å². The largest absolute Gasteiger partial charge is 0.399 e. The van der Waals surface area contributed by atoms with Gasteiger partial charge in [0, 0.05) is 5.69 Å². The molecule has 0 saturated heterocycles. The molecule has 0 atom stereocenters. The smallest absolute Gasteiger partial charge is 0.238 e. The third kappa shape index (κ3) is 2.88. The van der Waals surface area contributed by atoms with Crippen LogP contribution in [0.1, 0.15) is 11.1 Å². The summed E-state index contributed by atoms with van der Waals surface area (Å²) >= 11 is 0. The normalized spacial score (nSPS) is 11.4. The number of nitrogens with two attached hydrogens (primary N) is 2. The SMILES string of the molecule is Nc1ccc(Cc2ccccc2S(N)(=O)=O)cc1. The molecule has 2 aromatic carbocycles. The second-order valence-corrected chi connectivity index (χ2v) is 5.60. The minimum atomic E-state index is -3.69. The summed E-state index contributed by atoms with van der Waals surface area (Å²) in [6.45, 7) is 0. The molecular formula is C13H14N2O2S. The van der Waals surface area contributed by atoms with Gasteiger partial charge >= 0.3 is 0 Å². The van der Waals surface area contributed by atoms with Crippen molar-refractivity contribution in [3.8, 4) is 0 Å². The lowest BCUT2D eigenvalue weighted by molar-refractivity contribution is 0.597. The maximum Gasteiger partial charge on any atom is 0.238 e. The molecule has 0 aromatic heterocycles. The van der Waals surface area contributed by atoms with E-state index >= 15 is 0 Å². The van der Waals surface area contributed by atoms with E-state index in [-0.39, 0.29) is 4.90 Å². The summed E-state index contributed by atoms with van der Waals surface area (Å²) in [6, 6.07) is 14.0. The zero-order valence-corrected chi connectivity index (χ0v) is 10.5. The minimum Gasteiger partial charge on any atom is -0.399 e. The van der Waals surface area contributed by atoms with Crippen LogP contribution in [0.4, 0.5) is 5.69 Å². The first-order valence-corrected chi connectivity index (χ1v) is 6.96. The van der Waals surface area contributed by atoms with Crippen LogP contribution in [0.5, 0.6) is 0 Å². The van der Waals surface area contributed by atoms with Gasteiger partial charge in [0.15, 0.2) is 0 Å². The molecule has 4 N–H and O–H groups in total. The standard InChI is InChI=1S/C13H14N2O2S/c14-12-7-5-10(6-8-12)9-11-3-1-2-4-13(11)18(15,16)17/h1-8H,9,14H2,(H2,15,16,17). The second kappa shape index (κ2) is 4.80. The molecule has 2 rings (SSSR count). The van der Waals surface area contributed by atoms with Gasteiger partial charge in [0.1, 0.15) is 0 Å². The summed E-state index contributed by atoms with van der Waals surface area (Å²) in [5.74, 6) is 0. The molecule has 0 heterocycles. The molecule has 94 valence electrons. The van der Waals surface area contributed by atoms with Gasteiger partial charge in [-0.2, -0.15) is 0 Å². The number of hydrogen-bond donors (Lipinski definition) is 2. The number of hydrogen-bond acceptors (Lipinski definition) is 3. The summed E-state index contributed by atoms with van der Waals surface area (Å²) in [7, 11) is -3.69. The van der Waals surface area contributed by atoms with Crippen LogP contribution in [0, 0.1) is 0 Å². The van der Waals surface area contributed by atoms with Crippen LogP contribution in [-0.4, -0.2) is 8.42 Å².